The molecule has 2 aliphatic rings. The Morgan fingerprint density at radius 3 is 0.952 bits per heavy atom. The molecule has 0 unspecified atom stereocenters. The van der Waals surface area contributed by atoms with Crippen LogP contribution >= 0.6 is 0 Å². The minimum atomic E-state index is -0.429. The quantitative estimate of drug-likeness (QED) is 0.155. The number of hydrogen-bond acceptors (Lipinski definition) is 1. The molecule has 2 aliphatic carbocycles. The second-order valence-electron chi connectivity index (χ2n) is 16.4. The van der Waals surface area contributed by atoms with E-state index >= 15 is 0 Å². The highest BCUT2D eigenvalue weighted by atomic mass is 15.1. The van der Waals surface area contributed by atoms with Crippen molar-refractivity contribution in [2.75, 3.05) is 4.90 Å². The Hall–Kier alpha value is -8.00. The van der Waals surface area contributed by atoms with E-state index in [4.69, 9.17) is 0 Å². The van der Waals surface area contributed by atoms with Crippen LogP contribution in [0.2, 0.25) is 0 Å². The van der Waals surface area contributed by atoms with Gasteiger partial charge in [-0.15, -0.1) is 0 Å². The van der Waals surface area contributed by atoms with E-state index in [1.165, 1.54) is 89.0 Å². The molecule has 10 aromatic carbocycles. The highest BCUT2D eigenvalue weighted by Crippen LogP contribution is 2.63. The second-order valence-corrected chi connectivity index (χ2v) is 16.4. The number of hydrogen-bond donors (Lipinski definition) is 0. The van der Waals surface area contributed by atoms with Crippen molar-refractivity contribution in [2.45, 2.75) is 5.41 Å². The molecule has 10 aromatic rings. The van der Waals surface area contributed by atoms with Gasteiger partial charge in [0.15, 0.2) is 0 Å². The molecule has 1 nitrogen and oxygen atoms in total. The molecule has 0 aliphatic heterocycles. The summed E-state index contributed by atoms with van der Waals surface area (Å²) in [5, 5.41) is 0. The summed E-state index contributed by atoms with van der Waals surface area (Å²) in [6, 6.07) is 91.4. The van der Waals surface area contributed by atoms with Crippen LogP contribution in [0.3, 0.4) is 0 Å². The molecule has 0 saturated carbocycles. The molecule has 1 spiro atoms. The lowest BCUT2D eigenvalue weighted by Gasteiger charge is -2.32. The minimum Gasteiger partial charge on any atom is -0.310 e. The average Bonchev–Trinajstić information content (AvgIpc) is 3.82. The van der Waals surface area contributed by atoms with E-state index in [0.29, 0.717) is 0 Å². The maximum Gasteiger partial charge on any atom is 0.0726 e. The van der Waals surface area contributed by atoms with Crippen molar-refractivity contribution >= 4 is 17.1 Å². The molecule has 0 atom stereocenters. The fourth-order valence-electron chi connectivity index (χ4n) is 10.3. The van der Waals surface area contributed by atoms with Gasteiger partial charge in [0.25, 0.3) is 0 Å². The van der Waals surface area contributed by atoms with Gasteiger partial charge in [-0.1, -0.05) is 200 Å². The van der Waals surface area contributed by atoms with Gasteiger partial charge in [0, 0.05) is 17.1 Å². The van der Waals surface area contributed by atoms with E-state index in [1.807, 2.05) is 0 Å². The summed E-state index contributed by atoms with van der Waals surface area (Å²) in [6.45, 7) is 0. The lowest BCUT2D eigenvalue weighted by Crippen LogP contribution is -2.26. The van der Waals surface area contributed by atoms with Gasteiger partial charge in [0.05, 0.1) is 5.41 Å². The number of benzene rings is 10. The molecule has 0 aromatic heterocycles. The monoisotopic (exact) mass is 787 g/mol. The highest BCUT2D eigenvalue weighted by Gasteiger charge is 2.51. The fourth-order valence-corrected chi connectivity index (χ4v) is 10.3. The van der Waals surface area contributed by atoms with Crippen LogP contribution in [0.4, 0.5) is 17.1 Å². The van der Waals surface area contributed by atoms with E-state index in [1.54, 1.807) is 0 Å². The molecule has 0 N–H and O–H groups in total. The van der Waals surface area contributed by atoms with Crippen molar-refractivity contribution in [3.05, 3.63) is 271 Å². The molecular formula is C61H41N. The van der Waals surface area contributed by atoms with Crippen LogP contribution in [0, 0.1) is 0 Å². The first-order valence-electron chi connectivity index (χ1n) is 21.5. The second kappa shape index (κ2) is 14.6. The molecule has 0 heterocycles. The predicted molar refractivity (Wildman–Crippen MR) is 259 cm³/mol. The average molecular weight is 788 g/mol. The zero-order valence-corrected chi connectivity index (χ0v) is 34.1. The lowest BCUT2D eigenvalue weighted by molar-refractivity contribution is 0.793. The van der Waals surface area contributed by atoms with Crippen molar-refractivity contribution in [1.29, 1.82) is 0 Å². The third kappa shape index (κ3) is 5.70. The first kappa shape index (κ1) is 35.9. The SMILES string of the molecule is c1ccc(-c2cccc(-c3ccc(N(c4ccc(-c5cccc(-c6ccccc6)c5)cc4)c4ccc5c(c4)C4(c6ccccc6-c6ccccc64)c4ccccc4-5)cc3)c2)cc1. The van der Waals surface area contributed by atoms with Gasteiger partial charge in [-0.25, -0.2) is 0 Å². The molecule has 62 heavy (non-hydrogen) atoms. The first-order valence-corrected chi connectivity index (χ1v) is 21.5. The minimum absolute atomic E-state index is 0.429. The van der Waals surface area contributed by atoms with E-state index in [-0.39, 0.29) is 0 Å². The Balaban J connectivity index is 1.01. The lowest BCUT2D eigenvalue weighted by atomic mass is 9.70. The van der Waals surface area contributed by atoms with E-state index in [9.17, 15) is 0 Å². The normalized spacial score (nSPS) is 12.6. The standard InChI is InChI=1S/C61H41N/c1-3-15-42(16-4-1)46-19-13-21-48(39-46)44-29-33-50(34-30-44)62(51-35-31-45(32-36-51)49-22-14-20-47(40-49)43-17-5-2-6-18-43)52-37-38-56-55-25-9-12-28-59(55)61(60(56)41-52)57-26-10-7-23-53(57)54-24-8-11-27-58(54)61/h1-41H. The maximum atomic E-state index is 2.47. The van der Waals surface area contributed by atoms with Crippen molar-refractivity contribution in [1.82, 2.24) is 0 Å². The number of anilines is 3. The van der Waals surface area contributed by atoms with Gasteiger partial charge in [0.1, 0.15) is 0 Å². The Kier molecular flexibility index (Phi) is 8.47. The van der Waals surface area contributed by atoms with Gasteiger partial charge in [0.2, 0.25) is 0 Å². The summed E-state index contributed by atoms with van der Waals surface area (Å²) < 4.78 is 0. The summed E-state index contributed by atoms with van der Waals surface area (Å²) in [5.41, 5.74) is 23.1. The van der Waals surface area contributed by atoms with Crippen LogP contribution in [-0.4, -0.2) is 0 Å². The van der Waals surface area contributed by atoms with Crippen molar-refractivity contribution < 1.29 is 0 Å². The number of rotatable bonds is 7. The summed E-state index contributed by atoms with van der Waals surface area (Å²) in [7, 11) is 0. The van der Waals surface area contributed by atoms with Crippen LogP contribution in [0.15, 0.2) is 249 Å². The van der Waals surface area contributed by atoms with Crippen LogP contribution in [-0.2, 0) is 5.41 Å². The van der Waals surface area contributed by atoms with Crippen molar-refractivity contribution in [2.24, 2.45) is 0 Å². The van der Waals surface area contributed by atoms with Crippen LogP contribution < -0.4 is 4.90 Å². The molecule has 1 heteroatoms. The van der Waals surface area contributed by atoms with Gasteiger partial charge in [-0.2, -0.15) is 0 Å². The van der Waals surface area contributed by atoms with Gasteiger partial charge >= 0.3 is 0 Å². The van der Waals surface area contributed by atoms with Gasteiger partial charge in [-0.3, -0.25) is 0 Å². The third-order valence-electron chi connectivity index (χ3n) is 13.1. The Morgan fingerprint density at radius 2 is 0.532 bits per heavy atom. The summed E-state index contributed by atoms with van der Waals surface area (Å²) in [5.74, 6) is 0. The van der Waals surface area contributed by atoms with E-state index < -0.39 is 5.41 Å². The Bertz CT molecular complexity index is 3080. The molecule has 0 saturated heterocycles. The number of nitrogens with zero attached hydrogens (tertiary/aromatic N) is 1. The summed E-state index contributed by atoms with van der Waals surface area (Å²) in [6.07, 6.45) is 0. The first-order chi connectivity index (χ1) is 30.7. The highest BCUT2D eigenvalue weighted by molar-refractivity contribution is 5.96. The molecule has 0 radical (unpaired) electrons. The Morgan fingerprint density at radius 1 is 0.210 bits per heavy atom. The third-order valence-corrected chi connectivity index (χ3v) is 13.1. The van der Waals surface area contributed by atoms with Crippen LogP contribution in [0.5, 0.6) is 0 Å². The zero-order chi connectivity index (χ0) is 41.0. The van der Waals surface area contributed by atoms with Gasteiger partial charge in [-0.05, 0) is 138 Å². The largest absolute Gasteiger partial charge is 0.310 e. The smallest absolute Gasteiger partial charge is 0.0726 e. The number of fused-ring (bicyclic) bond motifs is 10. The van der Waals surface area contributed by atoms with Crippen LogP contribution in [0.1, 0.15) is 22.3 Å². The molecule has 12 rings (SSSR count). The van der Waals surface area contributed by atoms with E-state index in [2.05, 4.69) is 254 Å². The zero-order valence-electron chi connectivity index (χ0n) is 34.1. The molecular weight excluding hydrogens is 747 g/mol. The van der Waals surface area contributed by atoms with Crippen molar-refractivity contribution in [3.63, 3.8) is 0 Å². The fraction of sp³-hybridized carbons (Fsp3) is 0.0164. The van der Waals surface area contributed by atoms with Crippen molar-refractivity contribution in [3.8, 4) is 66.8 Å². The van der Waals surface area contributed by atoms with Crippen LogP contribution in [0.25, 0.3) is 66.8 Å². The molecule has 0 bridgehead atoms. The summed E-state index contributed by atoms with van der Waals surface area (Å²) >= 11 is 0. The van der Waals surface area contributed by atoms with E-state index in [0.717, 1.165) is 17.1 Å². The molecule has 0 fully saturated rings. The topological polar surface area (TPSA) is 3.24 Å². The molecule has 290 valence electrons. The maximum absolute atomic E-state index is 2.47. The summed E-state index contributed by atoms with van der Waals surface area (Å²) in [4.78, 5) is 2.43. The molecule has 0 amide bonds. The Labute approximate surface area is 363 Å². The van der Waals surface area contributed by atoms with Gasteiger partial charge < -0.3 is 4.90 Å². The predicted octanol–water partition coefficient (Wildman–Crippen LogP) is 16.2.